The predicted octanol–water partition coefficient (Wildman–Crippen LogP) is 0.409. The van der Waals surface area contributed by atoms with Crippen molar-refractivity contribution >= 4 is 9.84 Å². The molecule has 0 aromatic rings. The maximum absolute atomic E-state index is 11.2. The molecule has 0 aromatic heterocycles. The van der Waals surface area contributed by atoms with E-state index < -0.39 is 9.84 Å². The van der Waals surface area contributed by atoms with Gasteiger partial charge in [-0.1, -0.05) is 6.92 Å². The molecule has 0 N–H and O–H groups in total. The summed E-state index contributed by atoms with van der Waals surface area (Å²) >= 11 is 0. The summed E-state index contributed by atoms with van der Waals surface area (Å²) in [6.07, 6.45) is 1.41. The van der Waals surface area contributed by atoms with Gasteiger partial charge in [0.15, 0.2) is 9.84 Å². The van der Waals surface area contributed by atoms with Gasteiger partial charge in [0, 0.05) is 19.1 Å². The van der Waals surface area contributed by atoms with Crippen LogP contribution in [0.5, 0.6) is 0 Å². The van der Waals surface area contributed by atoms with Crippen LogP contribution < -0.4 is 0 Å². The maximum atomic E-state index is 11.2. The van der Waals surface area contributed by atoms with Gasteiger partial charge in [-0.15, -0.1) is 0 Å². The van der Waals surface area contributed by atoms with Crippen LogP contribution in [0.2, 0.25) is 0 Å². The van der Waals surface area contributed by atoms with E-state index in [0.29, 0.717) is 19.5 Å². The van der Waals surface area contributed by atoms with Crippen LogP contribution in [0.25, 0.3) is 0 Å². The van der Waals surface area contributed by atoms with Gasteiger partial charge in [-0.05, 0) is 6.42 Å². The van der Waals surface area contributed by atoms with Crippen LogP contribution in [-0.4, -0.2) is 44.0 Å². The van der Waals surface area contributed by atoms with Crippen molar-refractivity contribution in [3.63, 3.8) is 0 Å². The third kappa shape index (κ3) is 2.96. The van der Waals surface area contributed by atoms with Crippen molar-refractivity contribution in [3.05, 3.63) is 0 Å². The van der Waals surface area contributed by atoms with Crippen molar-refractivity contribution in [2.45, 2.75) is 25.8 Å². The molecule has 1 atom stereocenters. The highest BCUT2D eigenvalue weighted by molar-refractivity contribution is 7.91. The highest BCUT2D eigenvalue weighted by Gasteiger charge is 2.25. The molecule has 1 fully saturated rings. The Labute approximate surface area is 85.4 Å². The smallest absolute Gasteiger partial charge is 0.152 e. The Morgan fingerprint density at radius 3 is 2.43 bits per heavy atom. The van der Waals surface area contributed by atoms with Gasteiger partial charge in [0.05, 0.1) is 24.0 Å². The lowest BCUT2D eigenvalue weighted by molar-refractivity contribution is 0.209. The molecule has 4 nitrogen and oxygen atoms in total. The molecule has 0 spiro atoms. The molecule has 0 amide bonds. The van der Waals surface area contributed by atoms with Crippen molar-refractivity contribution in [3.8, 4) is 6.07 Å². The third-order valence-corrected chi connectivity index (χ3v) is 4.30. The molecule has 1 heterocycles. The second kappa shape index (κ2) is 4.76. The van der Waals surface area contributed by atoms with Crippen LogP contribution in [0.1, 0.15) is 19.8 Å². The Morgan fingerprint density at radius 1 is 1.43 bits per heavy atom. The summed E-state index contributed by atoms with van der Waals surface area (Å²) in [5, 5.41) is 8.61. The SMILES string of the molecule is CCC(CC#N)N1CCS(=O)(=O)CC1. The molecule has 0 saturated carbocycles. The van der Waals surface area contributed by atoms with E-state index in [0.717, 1.165) is 6.42 Å². The fourth-order valence-electron chi connectivity index (χ4n) is 1.73. The Hall–Kier alpha value is -0.600. The van der Waals surface area contributed by atoms with E-state index in [9.17, 15) is 8.42 Å². The maximum Gasteiger partial charge on any atom is 0.152 e. The molecule has 1 saturated heterocycles. The zero-order valence-corrected chi connectivity index (χ0v) is 9.26. The second-order valence-electron chi connectivity index (χ2n) is 3.61. The number of nitriles is 1. The normalized spacial score (nSPS) is 24.0. The summed E-state index contributed by atoms with van der Waals surface area (Å²) < 4.78 is 22.3. The average molecular weight is 216 g/mol. The molecule has 1 rings (SSSR count). The van der Waals surface area contributed by atoms with Gasteiger partial charge < -0.3 is 0 Å². The van der Waals surface area contributed by atoms with Crippen molar-refractivity contribution in [2.75, 3.05) is 24.6 Å². The van der Waals surface area contributed by atoms with Gasteiger partial charge in [-0.2, -0.15) is 5.26 Å². The molecule has 14 heavy (non-hydrogen) atoms. The van der Waals surface area contributed by atoms with E-state index in [1.165, 1.54) is 0 Å². The molecule has 0 bridgehead atoms. The monoisotopic (exact) mass is 216 g/mol. The fourth-order valence-corrected chi connectivity index (χ4v) is 2.96. The average Bonchev–Trinajstić information content (AvgIpc) is 2.15. The van der Waals surface area contributed by atoms with E-state index in [1.807, 2.05) is 6.92 Å². The summed E-state index contributed by atoms with van der Waals surface area (Å²) in [7, 11) is -2.80. The third-order valence-electron chi connectivity index (χ3n) is 2.69. The summed E-state index contributed by atoms with van der Waals surface area (Å²) in [4.78, 5) is 2.12. The molecule has 1 aliphatic rings. The quantitative estimate of drug-likeness (QED) is 0.685. The molecule has 0 radical (unpaired) electrons. The van der Waals surface area contributed by atoms with Crippen LogP contribution in [0, 0.1) is 11.3 Å². The molecular weight excluding hydrogens is 200 g/mol. The number of hydrogen-bond donors (Lipinski definition) is 0. The van der Waals surface area contributed by atoms with E-state index in [4.69, 9.17) is 5.26 Å². The molecule has 5 heteroatoms. The van der Waals surface area contributed by atoms with Crippen molar-refractivity contribution in [1.29, 1.82) is 5.26 Å². The highest BCUT2D eigenvalue weighted by Crippen LogP contribution is 2.12. The predicted molar refractivity (Wildman–Crippen MR) is 54.5 cm³/mol. The number of nitrogens with zero attached hydrogens (tertiary/aromatic N) is 2. The molecule has 1 unspecified atom stereocenters. The first-order valence-corrected chi connectivity index (χ1v) is 6.72. The van der Waals surface area contributed by atoms with Crippen molar-refractivity contribution in [1.82, 2.24) is 4.90 Å². The fraction of sp³-hybridized carbons (Fsp3) is 0.889. The molecule has 0 aromatic carbocycles. The summed E-state index contributed by atoms with van der Waals surface area (Å²) in [5.74, 6) is 0.490. The van der Waals surface area contributed by atoms with Crippen LogP contribution in [0.3, 0.4) is 0 Å². The lowest BCUT2D eigenvalue weighted by Gasteiger charge is -2.32. The Bertz CT molecular complexity index is 304. The molecule has 0 aliphatic carbocycles. The van der Waals surface area contributed by atoms with Crippen LogP contribution in [-0.2, 0) is 9.84 Å². The first kappa shape index (κ1) is 11.5. The molecule has 80 valence electrons. The zero-order chi connectivity index (χ0) is 10.6. The van der Waals surface area contributed by atoms with Gasteiger partial charge in [0.1, 0.15) is 0 Å². The minimum absolute atomic E-state index is 0.232. The Morgan fingerprint density at radius 2 is 2.00 bits per heavy atom. The summed E-state index contributed by atoms with van der Waals surface area (Å²) in [5.41, 5.74) is 0. The zero-order valence-electron chi connectivity index (χ0n) is 8.44. The van der Waals surface area contributed by atoms with Crippen LogP contribution in [0.4, 0.5) is 0 Å². The minimum atomic E-state index is -2.80. The van der Waals surface area contributed by atoms with Gasteiger partial charge in [-0.25, -0.2) is 8.42 Å². The number of rotatable bonds is 3. The van der Waals surface area contributed by atoms with E-state index in [1.54, 1.807) is 0 Å². The van der Waals surface area contributed by atoms with Gasteiger partial charge in [-0.3, -0.25) is 4.90 Å². The topological polar surface area (TPSA) is 61.2 Å². The summed E-state index contributed by atoms with van der Waals surface area (Å²) in [6, 6.07) is 2.38. The number of hydrogen-bond acceptors (Lipinski definition) is 4. The second-order valence-corrected chi connectivity index (χ2v) is 5.92. The minimum Gasteiger partial charge on any atom is -0.297 e. The Balaban J connectivity index is 2.52. The van der Waals surface area contributed by atoms with Gasteiger partial charge >= 0.3 is 0 Å². The van der Waals surface area contributed by atoms with E-state index in [2.05, 4.69) is 11.0 Å². The van der Waals surface area contributed by atoms with Crippen LogP contribution in [0.15, 0.2) is 0 Å². The van der Waals surface area contributed by atoms with Crippen molar-refractivity contribution < 1.29 is 8.42 Å². The molecular formula is C9H16N2O2S. The largest absolute Gasteiger partial charge is 0.297 e. The van der Waals surface area contributed by atoms with Crippen molar-refractivity contribution in [2.24, 2.45) is 0 Å². The lowest BCUT2D eigenvalue weighted by atomic mass is 10.1. The lowest BCUT2D eigenvalue weighted by Crippen LogP contribution is -2.45. The van der Waals surface area contributed by atoms with Crippen LogP contribution >= 0.6 is 0 Å². The van der Waals surface area contributed by atoms with Gasteiger partial charge in [0.25, 0.3) is 0 Å². The first-order valence-electron chi connectivity index (χ1n) is 4.90. The van der Waals surface area contributed by atoms with E-state index >= 15 is 0 Å². The highest BCUT2D eigenvalue weighted by atomic mass is 32.2. The van der Waals surface area contributed by atoms with Gasteiger partial charge in [0.2, 0.25) is 0 Å². The first-order chi connectivity index (χ1) is 6.59. The Kier molecular flexibility index (Phi) is 3.90. The summed E-state index contributed by atoms with van der Waals surface area (Å²) in [6.45, 7) is 3.20. The standard InChI is InChI=1S/C9H16N2O2S/c1-2-9(3-4-10)11-5-7-14(12,13)8-6-11/h9H,2-3,5-8H2,1H3. The number of sulfone groups is 1. The van der Waals surface area contributed by atoms with E-state index in [-0.39, 0.29) is 17.5 Å². The molecule has 1 aliphatic heterocycles.